The van der Waals surface area contributed by atoms with E-state index in [2.05, 4.69) is 93.2 Å². The molecular formula is C30H15N5S3. The Labute approximate surface area is 230 Å². The summed E-state index contributed by atoms with van der Waals surface area (Å²) in [5.41, 5.74) is 10.0. The van der Waals surface area contributed by atoms with Crippen LogP contribution in [0.1, 0.15) is 5.69 Å². The lowest BCUT2D eigenvalue weighted by Gasteiger charge is -2.33. The van der Waals surface area contributed by atoms with E-state index in [1.54, 1.807) is 34.4 Å². The monoisotopic (exact) mass is 541 g/mol. The van der Waals surface area contributed by atoms with E-state index in [1.807, 2.05) is 24.4 Å². The van der Waals surface area contributed by atoms with Gasteiger partial charge in [0, 0.05) is 44.7 Å². The molecule has 0 aliphatic carbocycles. The first kappa shape index (κ1) is 21.8. The molecule has 0 amide bonds. The van der Waals surface area contributed by atoms with Crippen molar-refractivity contribution in [1.29, 1.82) is 0 Å². The van der Waals surface area contributed by atoms with Gasteiger partial charge in [-0.05, 0) is 60.3 Å². The lowest BCUT2D eigenvalue weighted by atomic mass is 10.1. The highest BCUT2D eigenvalue weighted by molar-refractivity contribution is 7.99. The standard InChI is InChI=1S/C30H15N5S3/c1-3-11-25-23(9-1)35(24-10-2-4-12-26(24)36-25)20-16-18(27-33-21-7-5-13-31-29(21)37-27)15-19(17-20)28-34-22-8-6-14-32-30(22)38-28/h1-5,7-13,15-17H. The Morgan fingerprint density at radius 3 is 2.21 bits per heavy atom. The maximum atomic E-state index is 4.93. The topological polar surface area (TPSA) is 54.3 Å². The minimum atomic E-state index is 0.824. The summed E-state index contributed by atoms with van der Waals surface area (Å²) >= 11 is 4.96. The maximum absolute atomic E-state index is 4.93. The first-order valence-electron chi connectivity index (χ1n) is 11.9. The van der Waals surface area contributed by atoms with Crippen LogP contribution >= 0.6 is 34.4 Å². The van der Waals surface area contributed by atoms with Crippen molar-refractivity contribution in [2.75, 3.05) is 4.90 Å². The van der Waals surface area contributed by atoms with Crippen LogP contribution in [0.2, 0.25) is 0 Å². The van der Waals surface area contributed by atoms with Gasteiger partial charge in [-0.2, -0.15) is 4.99 Å². The van der Waals surface area contributed by atoms with Crippen molar-refractivity contribution in [3.63, 3.8) is 0 Å². The van der Waals surface area contributed by atoms with Crippen molar-refractivity contribution in [3.8, 4) is 21.1 Å². The zero-order valence-corrected chi connectivity index (χ0v) is 22.1. The van der Waals surface area contributed by atoms with Gasteiger partial charge in [0.1, 0.15) is 26.1 Å². The van der Waals surface area contributed by atoms with Crippen LogP contribution in [0.25, 0.3) is 37.6 Å². The second-order valence-corrected chi connectivity index (χ2v) is 11.7. The first-order chi connectivity index (χ1) is 18.8. The Morgan fingerprint density at radius 1 is 0.737 bits per heavy atom. The van der Waals surface area contributed by atoms with E-state index in [-0.39, 0.29) is 0 Å². The Kier molecular flexibility index (Phi) is 4.95. The molecule has 2 aliphatic rings. The van der Waals surface area contributed by atoms with Gasteiger partial charge < -0.3 is 4.90 Å². The van der Waals surface area contributed by atoms with Gasteiger partial charge in [0.05, 0.1) is 11.4 Å². The summed E-state index contributed by atoms with van der Waals surface area (Å²) in [6, 6.07) is 27.6. The van der Waals surface area contributed by atoms with Crippen LogP contribution in [0.4, 0.5) is 22.1 Å². The van der Waals surface area contributed by atoms with E-state index in [0.717, 1.165) is 59.2 Å². The summed E-state index contributed by atoms with van der Waals surface area (Å²) in [6.45, 7) is 0. The van der Waals surface area contributed by atoms with E-state index in [4.69, 9.17) is 9.97 Å². The average molecular weight is 542 g/mol. The van der Waals surface area contributed by atoms with Crippen molar-refractivity contribution in [2.45, 2.75) is 9.79 Å². The number of pyridine rings is 1. The molecule has 5 heterocycles. The third-order valence-electron chi connectivity index (χ3n) is 6.33. The fourth-order valence-corrected chi connectivity index (χ4v) is 7.48. The molecule has 0 fully saturated rings. The quantitative estimate of drug-likeness (QED) is 0.209. The Hall–Kier alpha value is -4.29. The molecule has 3 aromatic carbocycles. The van der Waals surface area contributed by atoms with Crippen molar-refractivity contribution in [3.05, 3.63) is 96.5 Å². The Balaban J connectivity index is 1.37. The number of fused-ring (bicyclic) bond motifs is 4. The van der Waals surface area contributed by atoms with E-state index >= 15 is 0 Å². The second-order valence-electron chi connectivity index (χ2n) is 8.71. The molecule has 0 unspecified atom stereocenters. The Bertz CT molecular complexity index is 1900. The zero-order valence-electron chi connectivity index (χ0n) is 19.6. The average Bonchev–Trinajstić information content (AvgIpc) is 3.60. The van der Waals surface area contributed by atoms with Crippen LogP contribution in [0.3, 0.4) is 0 Å². The number of rotatable bonds is 3. The maximum Gasteiger partial charge on any atom is 0.155 e. The number of hydrogen-bond donors (Lipinski definition) is 0. The van der Waals surface area contributed by atoms with E-state index in [0.29, 0.717) is 0 Å². The van der Waals surface area contributed by atoms with E-state index in [9.17, 15) is 0 Å². The van der Waals surface area contributed by atoms with Gasteiger partial charge in [0.25, 0.3) is 0 Å². The number of thiazole rings is 2. The van der Waals surface area contributed by atoms with Gasteiger partial charge in [-0.15, -0.1) is 0 Å². The summed E-state index contributed by atoms with van der Waals surface area (Å²) in [5, 5.41) is 2.67. The smallest absolute Gasteiger partial charge is 0.155 e. The number of aromatic nitrogens is 3. The van der Waals surface area contributed by atoms with Crippen LogP contribution in [0.5, 0.6) is 0 Å². The minimum absolute atomic E-state index is 0.824. The van der Waals surface area contributed by atoms with Crippen LogP contribution in [-0.2, 0) is 0 Å². The van der Waals surface area contributed by atoms with Gasteiger partial charge in [-0.1, -0.05) is 58.7 Å². The molecular weight excluding hydrogens is 527 g/mol. The largest absolute Gasteiger partial charge is 0.308 e. The number of nitrogens with zero attached hydrogens (tertiary/aromatic N) is 5. The Morgan fingerprint density at radius 2 is 1.47 bits per heavy atom. The predicted octanol–water partition coefficient (Wildman–Crippen LogP) is 8.90. The van der Waals surface area contributed by atoms with E-state index < -0.39 is 0 Å². The van der Waals surface area contributed by atoms with Crippen LogP contribution in [0, 0.1) is 0 Å². The normalized spacial score (nSPS) is 13.0. The van der Waals surface area contributed by atoms with Crippen LogP contribution in [-0.4, -0.2) is 20.8 Å². The highest BCUT2D eigenvalue weighted by Crippen LogP contribution is 2.52. The number of para-hydroxylation sites is 2. The van der Waals surface area contributed by atoms with Crippen LogP contribution < -0.4 is 4.90 Å². The minimum Gasteiger partial charge on any atom is -0.308 e. The summed E-state index contributed by atoms with van der Waals surface area (Å²) < 4.78 is 0. The molecule has 178 valence electrons. The van der Waals surface area contributed by atoms with Gasteiger partial charge >= 0.3 is 0 Å². The van der Waals surface area contributed by atoms with Crippen molar-refractivity contribution >= 4 is 78.8 Å². The summed E-state index contributed by atoms with van der Waals surface area (Å²) in [7, 11) is 0. The molecule has 0 saturated carbocycles. The lowest BCUT2D eigenvalue weighted by Crippen LogP contribution is -2.14. The molecule has 0 N–H and O–H groups in total. The van der Waals surface area contributed by atoms with Crippen molar-refractivity contribution < 1.29 is 0 Å². The number of aliphatic imine (C=N–C) groups is 1. The number of hydrogen-bond acceptors (Lipinski definition) is 8. The first-order valence-corrected chi connectivity index (χ1v) is 14.3. The fraction of sp³-hybridized carbons (Fsp3) is 0. The molecule has 8 heteroatoms. The zero-order chi connectivity index (χ0) is 25.1. The molecule has 3 aromatic heterocycles. The molecule has 0 radical (unpaired) electrons. The fourth-order valence-electron chi connectivity index (χ4n) is 4.67. The highest BCUT2D eigenvalue weighted by Gasteiger charge is 2.26. The number of anilines is 3. The summed E-state index contributed by atoms with van der Waals surface area (Å²) in [6.07, 6.45) is 3.65. The third kappa shape index (κ3) is 3.56. The molecule has 5 nitrogen and oxygen atoms in total. The molecule has 8 rings (SSSR count). The van der Waals surface area contributed by atoms with Gasteiger partial charge in [-0.25, -0.2) is 15.0 Å². The second kappa shape index (κ2) is 8.64. The predicted molar refractivity (Wildman–Crippen MR) is 158 cm³/mol. The molecule has 0 saturated heterocycles. The SMILES string of the molecule is C1=C=Nc2sc(-c3cc(-c4nc5cccnc5s4)cc(N4c5ccccc5Sc5ccccc54)c3)nc2C=1. The highest BCUT2D eigenvalue weighted by atomic mass is 32.2. The molecule has 0 bridgehead atoms. The van der Waals surface area contributed by atoms with Gasteiger partial charge in [-0.3, -0.25) is 0 Å². The molecule has 2 aliphatic heterocycles. The molecule has 0 atom stereocenters. The van der Waals surface area contributed by atoms with Gasteiger partial charge in [0.15, 0.2) is 5.00 Å². The van der Waals surface area contributed by atoms with Crippen molar-refractivity contribution in [2.24, 2.45) is 4.99 Å². The van der Waals surface area contributed by atoms with Crippen molar-refractivity contribution in [1.82, 2.24) is 15.0 Å². The number of benzene rings is 3. The summed E-state index contributed by atoms with van der Waals surface area (Å²) in [5.74, 6) is 2.81. The molecule has 0 spiro atoms. The third-order valence-corrected chi connectivity index (χ3v) is 9.51. The summed E-state index contributed by atoms with van der Waals surface area (Å²) in [4.78, 5) is 24.4. The van der Waals surface area contributed by atoms with Crippen LogP contribution in [0.15, 0.2) is 106 Å². The van der Waals surface area contributed by atoms with E-state index in [1.165, 1.54) is 9.79 Å². The molecule has 38 heavy (non-hydrogen) atoms. The molecule has 6 aromatic rings. The van der Waals surface area contributed by atoms with Gasteiger partial charge in [0.2, 0.25) is 0 Å². The lowest BCUT2D eigenvalue weighted by molar-refractivity contribution is 1.17.